The van der Waals surface area contributed by atoms with Crippen LogP contribution < -0.4 is 0 Å². The third kappa shape index (κ3) is 9.78. The first-order valence-corrected chi connectivity index (χ1v) is 12.5. The Balaban J connectivity index is 1.65. The maximum absolute atomic E-state index is 12.8. The highest BCUT2D eigenvalue weighted by atomic mass is 19.4. The topological polar surface area (TPSA) is 29.5 Å². The van der Waals surface area contributed by atoms with Gasteiger partial charge in [0.25, 0.3) is 0 Å². The fraction of sp³-hybridized carbons (Fsp3) is 0.323. The summed E-state index contributed by atoms with van der Waals surface area (Å²) in [7, 11) is 0. The summed E-state index contributed by atoms with van der Waals surface area (Å²) in [5.41, 5.74) is 3.82. The third-order valence-electron chi connectivity index (χ3n) is 5.81. The lowest BCUT2D eigenvalue weighted by Gasteiger charge is -2.21. The standard InChI is InChI=1S/C31H32F3NO2/c1-3-4-5-6-8-25-11-13-26(14-12-25)15-16-27-9-7-10-29(21-27)23-35(37-24(2)36)22-28-17-19-30(20-18-28)31(32,33)34/h7,9-14,17-21H,3-6,8,22-23H2,1-2H3. The molecular formula is C31H32F3NO2. The number of carbonyl (C=O) groups excluding carboxylic acids is 1. The smallest absolute Gasteiger partial charge is 0.368 e. The van der Waals surface area contributed by atoms with Crippen molar-refractivity contribution in [2.24, 2.45) is 0 Å². The Kier molecular flexibility index (Phi) is 10.3. The molecule has 0 aliphatic heterocycles. The van der Waals surface area contributed by atoms with Gasteiger partial charge in [0, 0.05) is 18.1 Å². The van der Waals surface area contributed by atoms with Gasteiger partial charge in [-0.2, -0.15) is 13.2 Å². The van der Waals surface area contributed by atoms with Gasteiger partial charge in [0.1, 0.15) is 0 Å². The molecule has 6 heteroatoms. The zero-order valence-electron chi connectivity index (χ0n) is 21.3. The van der Waals surface area contributed by atoms with E-state index in [9.17, 15) is 18.0 Å². The van der Waals surface area contributed by atoms with Crippen LogP contribution in [0.4, 0.5) is 13.2 Å². The first kappa shape index (κ1) is 28.0. The predicted octanol–water partition coefficient (Wildman–Crippen LogP) is 7.71. The minimum Gasteiger partial charge on any atom is -0.368 e. The summed E-state index contributed by atoms with van der Waals surface area (Å²) >= 11 is 0. The van der Waals surface area contributed by atoms with Gasteiger partial charge >= 0.3 is 12.1 Å². The molecule has 0 aliphatic carbocycles. The number of halogens is 3. The Morgan fingerprint density at radius 1 is 0.811 bits per heavy atom. The third-order valence-corrected chi connectivity index (χ3v) is 5.81. The van der Waals surface area contributed by atoms with Gasteiger partial charge in [-0.25, -0.2) is 0 Å². The van der Waals surface area contributed by atoms with Crippen molar-refractivity contribution in [3.63, 3.8) is 0 Å². The molecule has 3 rings (SSSR count). The van der Waals surface area contributed by atoms with E-state index < -0.39 is 17.7 Å². The SMILES string of the molecule is CCCCCCc1ccc(C#Cc2cccc(CN(Cc3ccc(C(F)(F)F)cc3)OC(C)=O)c2)cc1. The molecule has 3 nitrogen and oxygen atoms in total. The first-order valence-electron chi connectivity index (χ1n) is 12.5. The maximum Gasteiger partial charge on any atom is 0.416 e. The van der Waals surface area contributed by atoms with Gasteiger partial charge in [0.05, 0.1) is 18.7 Å². The molecule has 0 aliphatic rings. The zero-order chi connectivity index (χ0) is 26.7. The number of hydrogen-bond donors (Lipinski definition) is 0. The van der Waals surface area contributed by atoms with Crippen molar-refractivity contribution in [2.45, 2.75) is 65.2 Å². The maximum atomic E-state index is 12.8. The van der Waals surface area contributed by atoms with Crippen molar-refractivity contribution < 1.29 is 22.8 Å². The highest BCUT2D eigenvalue weighted by Crippen LogP contribution is 2.29. The van der Waals surface area contributed by atoms with Crippen LogP contribution in [0.5, 0.6) is 0 Å². The number of rotatable bonds is 10. The number of carbonyl (C=O) groups is 1. The highest BCUT2D eigenvalue weighted by molar-refractivity contribution is 5.65. The predicted molar refractivity (Wildman–Crippen MR) is 139 cm³/mol. The van der Waals surface area contributed by atoms with Crippen LogP contribution in [0.1, 0.15) is 72.9 Å². The second kappa shape index (κ2) is 13.7. The molecule has 0 saturated heterocycles. The Hall–Kier alpha value is -3.56. The molecule has 0 aromatic heterocycles. The normalized spacial score (nSPS) is 11.2. The number of hydrogen-bond acceptors (Lipinski definition) is 3. The summed E-state index contributed by atoms with van der Waals surface area (Å²) < 4.78 is 38.5. The summed E-state index contributed by atoms with van der Waals surface area (Å²) in [4.78, 5) is 16.9. The number of hydroxylamine groups is 2. The van der Waals surface area contributed by atoms with E-state index in [0.717, 1.165) is 35.2 Å². The molecular weight excluding hydrogens is 475 g/mol. The van der Waals surface area contributed by atoms with Crippen LogP contribution in [0.25, 0.3) is 0 Å². The van der Waals surface area contributed by atoms with Gasteiger partial charge < -0.3 is 4.84 Å². The van der Waals surface area contributed by atoms with Crippen LogP contribution in [0.15, 0.2) is 72.8 Å². The van der Waals surface area contributed by atoms with Crippen molar-refractivity contribution in [1.82, 2.24) is 5.06 Å². The van der Waals surface area contributed by atoms with E-state index in [1.165, 1.54) is 55.4 Å². The molecule has 0 radical (unpaired) electrons. The largest absolute Gasteiger partial charge is 0.416 e. The molecule has 3 aromatic rings. The van der Waals surface area contributed by atoms with Crippen molar-refractivity contribution in [3.05, 3.63) is 106 Å². The minimum atomic E-state index is -4.40. The second-order valence-corrected chi connectivity index (χ2v) is 9.03. The summed E-state index contributed by atoms with van der Waals surface area (Å²) in [6.07, 6.45) is 1.66. The van der Waals surface area contributed by atoms with Crippen LogP contribution in [-0.2, 0) is 35.3 Å². The van der Waals surface area contributed by atoms with E-state index in [1.54, 1.807) is 0 Å². The molecule has 37 heavy (non-hydrogen) atoms. The van der Waals surface area contributed by atoms with Crippen molar-refractivity contribution in [3.8, 4) is 11.8 Å². The van der Waals surface area contributed by atoms with E-state index in [-0.39, 0.29) is 13.1 Å². The van der Waals surface area contributed by atoms with Crippen LogP contribution in [0, 0.1) is 11.8 Å². The Labute approximate surface area is 217 Å². The number of unbranched alkanes of at least 4 members (excludes halogenated alkanes) is 3. The van der Waals surface area contributed by atoms with Gasteiger partial charge in [0.15, 0.2) is 0 Å². The first-order chi connectivity index (χ1) is 17.7. The lowest BCUT2D eigenvalue weighted by molar-refractivity contribution is -0.194. The average molecular weight is 508 g/mol. The molecule has 194 valence electrons. The second-order valence-electron chi connectivity index (χ2n) is 9.03. The van der Waals surface area contributed by atoms with E-state index >= 15 is 0 Å². The molecule has 3 aromatic carbocycles. The minimum absolute atomic E-state index is 0.151. The van der Waals surface area contributed by atoms with Gasteiger partial charge in [-0.15, -0.1) is 5.06 Å². The summed E-state index contributed by atoms with van der Waals surface area (Å²) in [5, 5.41) is 1.43. The Morgan fingerprint density at radius 2 is 1.46 bits per heavy atom. The molecule has 0 saturated carbocycles. The molecule has 0 atom stereocenters. The highest BCUT2D eigenvalue weighted by Gasteiger charge is 2.30. The van der Waals surface area contributed by atoms with Crippen molar-refractivity contribution >= 4 is 5.97 Å². The van der Waals surface area contributed by atoms with Gasteiger partial charge in [-0.05, 0) is 65.9 Å². The van der Waals surface area contributed by atoms with Gasteiger partial charge in [0.2, 0.25) is 0 Å². The fourth-order valence-electron chi connectivity index (χ4n) is 3.91. The number of benzene rings is 3. The zero-order valence-corrected chi connectivity index (χ0v) is 21.3. The number of alkyl halides is 3. The summed E-state index contributed by atoms with van der Waals surface area (Å²) in [6, 6.07) is 20.8. The summed E-state index contributed by atoms with van der Waals surface area (Å²) in [5.74, 6) is 5.87. The number of nitrogens with zero attached hydrogens (tertiary/aromatic N) is 1. The van der Waals surface area contributed by atoms with Gasteiger partial charge in [-0.1, -0.05) is 74.4 Å². The van der Waals surface area contributed by atoms with Crippen LogP contribution >= 0.6 is 0 Å². The quantitative estimate of drug-likeness (QED) is 0.160. The lowest BCUT2D eigenvalue weighted by atomic mass is 10.0. The van der Waals surface area contributed by atoms with Crippen LogP contribution in [-0.4, -0.2) is 11.0 Å². The van der Waals surface area contributed by atoms with E-state index in [2.05, 4.69) is 30.9 Å². The molecule has 0 heterocycles. The monoisotopic (exact) mass is 507 g/mol. The number of aryl methyl sites for hydroxylation is 1. The fourth-order valence-corrected chi connectivity index (χ4v) is 3.91. The Morgan fingerprint density at radius 3 is 2.11 bits per heavy atom. The van der Waals surface area contributed by atoms with Crippen LogP contribution in [0.2, 0.25) is 0 Å². The van der Waals surface area contributed by atoms with Crippen molar-refractivity contribution in [1.29, 1.82) is 0 Å². The van der Waals surface area contributed by atoms with Crippen molar-refractivity contribution in [2.75, 3.05) is 0 Å². The molecule has 0 bridgehead atoms. The van der Waals surface area contributed by atoms with E-state index in [1.807, 2.05) is 36.4 Å². The van der Waals surface area contributed by atoms with E-state index in [4.69, 9.17) is 4.84 Å². The molecule has 0 amide bonds. The van der Waals surface area contributed by atoms with E-state index in [0.29, 0.717) is 5.56 Å². The molecule has 0 unspecified atom stereocenters. The van der Waals surface area contributed by atoms with Crippen LogP contribution in [0.3, 0.4) is 0 Å². The summed E-state index contributed by atoms with van der Waals surface area (Å²) in [6.45, 7) is 3.92. The molecule has 0 fully saturated rings. The van der Waals surface area contributed by atoms with Gasteiger partial charge in [-0.3, -0.25) is 4.79 Å². The Bertz CT molecular complexity index is 1210. The molecule has 0 N–H and O–H groups in total. The lowest BCUT2D eigenvalue weighted by Crippen LogP contribution is -2.25. The average Bonchev–Trinajstić information content (AvgIpc) is 2.86. The molecule has 0 spiro atoms.